The minimum absolute atomic E-state index is 0. The zero-order valence-electron chi connectivity index (χ0n) is 28.8. The van der Waals surface area contributed by atoms with Gasteiger partial charge in [-0.2, -0.15) is 11.3 Å². The first kappa shape index (κ1) is 36.9. The average molecular weight is 846 g/mol. The topological polar surface area (TPSA) is 76.2 Å². The minimum Gasteiger partial charge on any atom is -0.512 e. The van der Waals surface area contributed by atoms with E-state index in [1.807, 2.05) is 47.6 Å². The van der Waals surface area contributed by atoms with Gasteiger partial charge in [0.25, 0.3) is 0 Å². The van der Waals surface area contributed by atoms with Crippen molar-refractivity contribution in [2.45, 2.75) is 93.4 Å². The van der Waals surface area contributed by atoms with Crippen molar-refractivity contribution in [1.29, 1.82) is 0 Å². The Kier molecular flexibility index (Phi) is 11.2. The Morgan fingerprint density at radius 1 is 0.936 bits per heavy atom. The molecule has 0 saturated heterocycles. The molecule has 47 heavy (non-hydrogen) atoms. The van der Waals surface area contributed by atoms with Gasteiger partial charge in [0.1, 0.15) is 22.5 Å². The van der Waals surface area contributed by atoms with Gasteiger partial charge in [0.05, 0.1) is 6.26 Å². The van der Waals surface area contributed by atoms with Crippen molar-refractivity contribution in [3.05, 3.63) is 71.8 Å². The molecule has 0 unspecified atom stereocenters. The zero-order chi connectivity index (χ0) is 33.4. The van der Waals surface area contributed by atoms with Crippen molar-refractivity contribution in [1.82, 2.24) is 9.97 Å². The van der Waals surface area contributed by atoms with Gasteiger partial charge in [0.15, 0.2) is 5.78 Å². The summed E-state index contributed by atoms with van der Waals surface area (Å²) in [6.45, 7) is 18.9. The number of aromatic nitrogens is 2. The molecule has 4 heterocycles. The van der Waals surface area contributed by atoms with Crippen molar-refractivity contribution in [2.75, 3.05) is 0 Å². The van der Waals surface area contributed by atoms with Crippen LogP contribution in [0.1, 0.15) is 93.6 Å². The molecular weight excluding hydrogens is 801 g/mol. The van der Waals surface area contributed by atoms with E-state index < -0.39 is 0 Å². The van der Waals surface area contributed by atoms with Crippen LogP contribution in [0.4, 0.5) is 0 Å². The quantitative estimate of drug-likeness (QED) is 0.0938. The smallest absolute Gasteiger partial charge is 0.164 e. The molecule has 6 rings (SSSR count). The van der Waals surface area contributed by atoms with Gasteiger partial charge in [-0.25, -0.2) is 4.98 Å². The molecule has 0 aliphatic rings. The van der Waals surface area contributed by atoms with Crippen molar-refractivity contribution in [2.24, 2.45) is 10.8 Å². The molecule has 1 radical (unpaired) electrons. The summed E-state index contributed by atoms with van der Waals surface area (Å²) in [5, 5.41) is 16.7. The Labute approximate surface area is 299 Å². The number of carbonyl (C=O) groups is 1. The molecule has 1 N–H and O–H groups in total. The second-order valence-electron chi connectivity index (χ2n) is 13.7. The Hall–Kier alpha value is -2.90. The molecule has 2 aromatic carbocycles. The monoisotopic (exact) mass is 846 g/mol. The van der Waals surface area contributed by atoms with E-state index in [-0.39, 0.29) is 47.9 Å². The zero-order valence-corrected chi connectivity index (χ0v) is 32.9. The number of allylic oxidation sites excluding steroid dienone is 2. The van der Waals surface area contributed by atoms with Crippen LogP contribution in [0.2, 0.25) is 0 Å². The van der Waals surface area contributed by atoms with Gasteiger partial charge in [-0.1, -0.05) is 73.4 Å². The van der Waals surface area contributed by atoms with Crippen LogP contribution in [0, 0.1) is 16.9 Å². The Morgan fingerprint density at radius 3 is 2.26 bits per heavy atom. The van der Waals surface area contributed by atoms with Crippen LogP contribution in [0.3, 0.4) is 0 Å². The summed E-state index contributed by atoms with van der Waals surface area (Å²) in [7, 11) is 0. The normalized spacial score (nSPS) is 12.8. The van der Waals surface area contributed by atoms with Crippen LogP contribution in [0.25, 0.3) is 52.6 Å². The van der Waals surface area contributed by atoms with Gasteiger partial charge in [0.2, 0.25) is 0 Å². The second kappa shape index (κ2) is 14.3. The Morgan fingerprint density at radius 2 is 1.62 bits per heavy atom. The number of thiophene rings is 2. The molecule has 251 valence electrons. The van der Waals surface area contributed by atoms with Gasteiger partial charge < -0.3 is 9.52 Å². The fraction of sp³-hybridized carbons (Fsp3) is 0.410. The molecule has 0 aliphatic heterocycles. The standard InChI is InChI=1S/C24H17N2OS2.C15H28O2.Ir/c1-24(2,3)16-11-15(10-14-7-9-28-22(14)16)20-19-18-17(29-23(19)26-12-25-20)5-4-13-6-8-27-21(13)18;1-7-14(5,8-2)12(16)11-13(17)15(6,9-3)10-4;/h4-9,11-12H,1-3H3;11,16H,7-10H2,1-6H3;/q-1;;/b;12-11-;. The number of furan rings is 1. The van der Waals surface area contributed by atoms with Crippen LogP contribution >= 0.6 is 22.7 Å². The predicted octanol–water partition coefficient (Wildman–Crippen LogP) is 12.2. The first-order valence-corrected chi connectivity index (χ1v) is 17.9. The molecule has 0 saturated carbocycles. The summed E-state index contributed by atoms with van der Waals surface area (Å²) in [4.78, 5) is 22.5. The number of fused-ring (bicyclic) bond motifs is 6. The fourth-order valence-corrected chi connectivity index (χ4v) is 7.81. The summed E-state index contributed by atoms with van der Waals surface area (Å²) in [6.07, 6.45) is 8.16. The van der Waals surface area contributed by atoms with Crippen LogP contribution in [-0.2, 0) is 30.3 Å². The van der Waals surface area contributed by atoms with Crippen LogP contribution in [0.5, 0.6) is 0 Å². The van der Waals surface area contributed by atoms with Gasteiger partial charge in [0, 0.05) is 63.6 Å². The molecule has 6 aromatic rings. The third-order valence-corrected chi connectivity index (χ3v) is 12.0. The SMILES string of the molecule is CC(C)(C)c1cc(-c2ncnc3sc4ccc5ccoc5c4c23)[c-]c2ccsc12.CCC(C)(CC)C(=O)/C=C(\O)C(C)(CC)CC.[Ir]. The van der Waals surface area contributed by atoms with Crippen molar-refractivity contribution in [3.8, 4) is 11.3 Å². The van der Waals surface area contributed by atoms with E-state index in [4.69, 9.17) is 9.40 Å². The number of nitrogens with zero attached hydrogens (tertiary/aromatic N) is 2. The maximum atomic E-state index is 12.2. The Bertz CT molecular complexity index is 2050. The van der Waals surface area contributed by atoms with Crippen LogP contribution in [0.15, 0.2) is 64.6 Å². The summed E-state index contributed by atoms with van der Waals surface area (Å²) < 4.78 is 8.33. The molecule has 0 fully saturated rings. The minimum atomic E-state index is -0.337. The summed E-state index contributed by atoms with van der Waals surface area (Å²) in [5.74, 6) is 0.286. The molecule has 0 bridgehead atoms. The third kappa shape index (κ3) is 6.98. The van der Waals surface area contributed by atoms with E-state index in [0.717, 1.165) is 73.6 Å². The largest absolute Gasteiger partial charge is 0.512 e. The second-order valence-corrected chi connectivity index (χ2v) is 15.7. The summed E-state index contributed by atoms with van der Waals surface area (Å²) >= 11 is 3.46. The fourth-order valence-electron chi connectivity index (χ4n) is 5.69. The molecule has 8 heteroatoms. The van der Waals surface area contributed by atoms with Gasteiger partial charge in [-0.05, 0) is 59.4 Å². The molecular formula is C39H45IrN2O3S2-. The molecule has 4 aromatic heterocycles. The maximum Gasteiger partial charge on any atom is 0.164 e. The van der Waals surface area contributed by atoms with Gasteiger partial charge in [-0.15, -0.1) is 34.9 Å². The van der Waals surface area contributed by atoms with Gasteiger partial charge >= 0.3 is 0 Å². The number of aliphatic hydroxyl groups excluding tert-OH is 1. The number of aliphatic hydroxyl groups is 1. The van der Waals surface area contributed by atoms with E-state index in [0.29, 0.717) is 0 Å². The average Bonchev–Trinajstić information content (AvgIpc) is 3.80. The van der Waals surface area contributed by atoms with Crippen LogP contribution in [-0.4, -0.2) is 20.9 Å². The van der Waals surface area contributed by atoms with Crippen LogP contribution < -0.4 is 0 Å². The number of hydrogen-bond donors (Lipinski definition) is 1. The molecule has 0 amide bonds. The summed E-state index contributed by atoms with van der Waals surface area (Å²) in [5.41, 5.74) is 3.58. The van der Waals surface area contributed by atoms with E-state index in [9.17, 15) is 9.90 Å². The Balaban J connectivity index is 0.000000242. The van der Waals surface area contributed by atoms with E-state index in [1.54, 1.807) is 35.3 Å². The number of rotatable bonds is 8. The molecule has 0 aliphatic carbocycles. The first-order valence-electron chi connectivity index (χ1n) is 16.2. The number of hydrogen-bond acceptors (Lipinski definition) is 7. The van der Waals surface area contributed by atoms with Crippen molar-refractivity contribution < 1.29 is 34.4 Å². The van der Waals surface area contributed by atoms with E-state index in [1.165, 1.54) is 16.3 Å². The number of ketones is 1. The maximum absolute atomic E-state index is 12.2. The van der Waals surface area contributed by atoms with Crippen molar-refractivity contribution in [3.63, 3.8) is 0 Å². The third-order valence-electron chi connectivity index (χ3n) is 9.99. The number of carbonyl (C=O) groups excluding carboxylic acids is 1. The van der Waals surface area contributed by atoms with E-state index >= 15 is 0 Å². The number of benzene rings is 2. The molecule has 0 atom stereocenters. The predicted molar refractivity (Wildman–Crippen MR) is 196 cm³/mol. The summed E-state index contributed by atoms with van der Waals surface area (Å²) in [6, 6.07) is 14.3. The molecule has 0 spiro atoms. The van der Waals surface area contributed by atoms with E-state index in [2.05, 4.69) is 61.5 Å². The van der Waals surface area contributed by atoms with Gasteiger partial charge in [-0.3, -0.25) is 9.78 Å². The molecule has 5 nitrogen and oxygen atoms in total. The van der Waals surface area contributed by atoms with Crippen molar-refractivity contribution >= 4 is 69.8 Å². The first-order chi connectivity index (χ1) is 21.8.